The van der Waals surface area contributed by atoms with Crippen molar-refractivity contribution in [2.24, 2.45) is 11.8 Å². The van der Waals surface area contributed by atoms with E-state index in [1.807, 2.05) is 0 Å². The molecule has 0 unspecified atom stereocenters. The molecule has 1 fully saturated rings. The van der Waals surface area contributed by atoms with Crippen LogP contribution in [0.25, 0.3) is 0 Å². The number of halogens is 1. The molecule has 0 aromatic heterocycles. The van der Waals surface area contributed by atoms with Gasteiger partial charge in [0.25, 0.3) is 0 Å². The van der Waals surface area contributed by atoms with Gasteiger partial charge in [-0.1, -0.05) is 0 Å². The van der Waals surface area contributed by atoms with Crippen molar-refractivity contribution in [3.8, 4) is 0 Å². The second-order valence-corrected chi connectivity index (χ2v) is 3.67. The second kappa shape index (κ2) is 4.97. The van der Waals surface area contributed by atoms with Crippen molar-refractivity contribution < 1.29 is 33.7 Å². The van der Waals surface area contributed by atoms with Crippen molar-refractivity contribution >= 4 is 11.9 Å². The summed E-state index contributed by atoms with van der Waals surface area (Å²) in [4.78, 5) is 21.8. The highest BCUT2D eigenvalue weighted by Crippen LogP contribution is 2.50. The van der Waals surface area contributed by atoms with Crippen LogP contribution in [0, 0.1) is 11.8 Å². The van der Waals surface area contributed by atoms with Gasteiger partial charge in [-0.2, -0.15) is 0 Å². The van der Waals surface area contributed by atoms with Gasteiger partial charge in [0.05, 0.1) is 0 Å². The van der Waals surface area contributed by atoms with Gasteiger partial charge in [0.1, 0.15) is 11.8 Å². The standard InChI is InChI=1S/C10H15FO6/c1-3-16-10(17-4-2)6(9(14)15)5(7(10)11)8(12)13/h5-7H,3-4H2,1-2H3,(H,12,13)(H,14,15)/t5-,6+,7-/m0/s1. The number of alkyl halides is 1. The minimum absolute atomic E-state index is 0.0382. The Morgan fingerprint density at radius 3 is 1.94 bits per heavy atom. The normalized spacial score (nSPS) is 30.6. The van der Waals surface area contributed by atoms with Gasteiger partial charge in [-0.15, -0.1) is 0 Å². The summed E-state index contributed by atoms with van der Waals surface area (Å²) in [5.74, 6) is -8.08. The first-order valence-corrected chi connectivity index (χ1v) is 5.29. The van der Waals surface area contributed by atoms with Gasteiger partial charge in [-0.05, 0) is 13.8 Å². The first kappa shape index (κ1) is 13.9. The summed E-state index contributed by atoms with van der Waals surface area (Å²) in [6.45, 7) is 3.19. The Kier molecular flexibility index (Phi) is 4.05. The van der Waals surface area contributed by atoms with E-state index in [4.69, 9.17) is 19.7 Å². The van der Waals surface area contributed by atoms with Gasteiger partial charge in [0, 0.05) is 13.2 Å². The predicted molar refractivity (Wildman–Crippen MR) is 53.1 cm³/mol. The zero-order valence-corrected chi connectivity index (χ0v) is 9.55. The maximum Gasteiger partial charge on any atom is 0.313 e. The van der Waals surface area contributed by atoms with Crippen LogP contribution >= 0.6 is 0 Å². The maximum atomic E-state index is 13.8. The highest BCUT2D eigenvalue weighted by Gasteiger charge is 2.71. The lowest BCUT2D eigenvalue weighted by Gasteiger charge is -2.52. The predicted octanol–water partition coefficient (Wildman–Crippen LogP) is 0.509. The molecule has 6 nitrogen and oxygen atoms in total. The highest BCUT2D eigenvalue weighted by molar-refractivity contribution is 5.84. The quantitative estimate of drug-likeness (QED) is 0.667. The van der Waals surface area contributed by atoms with E-state index >= 15 is 0 Å². The van der Waals surface area contributed by atoms with Gasteiger partial charge >= 0.3 is 11.9 Å². The molecule has 0 amide bonds. The van der Waals surface area contributed by atoms with Crippen LogP contribution in [0.1, 0.15) is 13.8 Å². The van der Waals surface area contributed by atoms with E-state index < -0.39 is 35.7 Å². The molecule has 0 heterocycles. The van der Waals surface area contributed by atoms with Crippen molar-refractivity contribution in [2.45, 2.75) is 25.8 Å². The van der Waals surface area contributed by atoms with Gasteiger partial charge in [-0.25, -0.2) is 4.39 Å². The Bertz CT molecular complexity index is 312. The summed E-state index contributed by atoms with van der Waals surface area (Å²) in [6, 6.07) is 0. The minimum atomic E-state index is -1.99. The van der Waals surface area contributed by atoms with Crippen LogP contribution in [0.2, 0.25) is 0 Å². The molecule has 98 valence electrons. The zero-order chi connectivity index (χ0) is 13.2. The number of ether oxygens (including phenoxy) is 2. The van der Waals surface area contributed by atoms with E-state index in [-0.39, 0.29) is 13.2 Å². The van der Waals surface area contributed by atoms with Crippen LogP contribution in [-0.2, 0) is 19.1 Å². The highest BCUT2D eigenvalue weighted by atomic mass is 19.1. The fourth-order valence-corrected chi connectivity index (χ4v) is 2.15. The topological polar surface area (TPSA) is 93.1 Å². The molecule has 0 aromatic rings. The monoisotopic (exact) mass is 250 g/mol. The van der Waals surface area contributed by atoms with Crippen molar-refractivity contribution in [3.63, 3.8) is 0 Å². The number of hydrogen-bond acceptors (Lipinski definition) is 4. The molecule has 1 rings (SSSR count). The third-order valence-corrected chi connectivity index (χ3v) is 2.78. The fourth-order valence-electron chi connectivity index (χ4n) is 2.15. The van der Waals surface area contributed by atoms with Crippen LogP contribution in [0.4, 0.5) is 4.39 Å². The number of rotatable bonds is 6. The summed E-state index contributed by atoms with van der Waals surface area (Å²) in [7, 11) is 0. The van der Waals surface area contributed by atoms with Crippen LogP contribution in [0.5, 0.6) is 0 Å². The van der Waals surface area contributed by atoms with E-state index in [1.54, 1.807) is 13.8 Å². The largest absolute Gasteiger partial charge is 0.481 e. The molecule has 0 saturated heterocycles. The minimum Gasteiger partial charge on any atom is -0.481 e. The molecule has 2 N–H and O–H groups in total. The Morgan fingerprint density at radius 2 is 1.65 bits per heavy atom. The van der Waals surface area contributed by atoms with Crippen LogP contribution in [0.15, 0.2) is 0 Å². The maximum absolute atomic E-state index is 13.8. The Hall–Kier alpha value is -1.21. The average molecular weight is 250 g/mol. The number of carbonyl (C=O) groups is 2. The SMILES string of the molecule is CCOC1(OCC)[C@@H](F)[C@@H](C(=O)O)[C@@H]1C(=O)O. The van der Waals surface area contributed by atoms with Gasteiger partial charge in [-0.3, -0.25) is 9.59 Å². The number of hydrogen-bond donors (Lipinski definition) is 2. The molecule has 3 atom stereocenters. The lowest BCUT2D eigenvalue weighted by molar-refractivity contribution is -0.354. The average Bonchev–Trinajstić information content (AvgIpc) is 2.23. The van der Waals surface area contributed by atoms with E-state index in [2.05, 4.69) is 0 Å². The lowest BCUT2D eigenvalue weighted by Crippen LogP contribution is -2.71. The molecular formula is C10H15FO6. The second-order valence-electron chi connectivity index (χ2n) is 3.67. The molecule has 0 spiro atoms. The van der Waals surface area contributed by atoms with Gasteiger partial charge in [0.15, 0.2) is 6.17 Å². The molecule has 17 heavy (non-hydrogen) atoms. The van der Waals surface area contributed by atoms with E-state index in [1.165, 1.54) is 0 Å². The third-order valence-electron chi connectivity index (χ3n) is 2.78. The molecule has 0 bridgehead atoms. The first-order chi connectivity index (χ1) is 7.92. The van der Waals surface area contributed by atoms with E-state index in [9.17, 15) is 14.0 Å². The molecule has 1 aliphatic carbocycles. The number of aliphatic carboxylic acids is 2. The van der Waals surface area contributed by atoms with Crippen LogP contribution < -0.4 is 0 Å². The Morgan fingerprint density at radius 1 is 1.18 bits per heavy atom. The van der Waals surface area contributed by atoms with Crippen LogP contribution in [0.3, 0.4) is 0 Å². The Labute approximate surface area is 97.3 Å². The summed E-state index contributed by atoms with van der Waals surface area (Å²) >= 11 is 0. The molecule has 1 aliphatic rings. The molecule has 0 aliphatic heterocycles. The zero-order valence-electron chi connectivity index (χ0n) is 9.55. The molecule has 1 saturated carbocycles. The molecule has 0 aromatic carbocycles. The summed E-state index contributed by atoms with van der Waals surface area (Å²) in [6.07, 6.45) is -1.99. The summed E-state index contributed by atoms with van der Waals surface area (Å²) in [5.41, 5.74) is 0. The van der Waals surface area contributed by atoms with Crippen molar-refractivity contribution in [2.75, 3.05) is 13.2 Å². The first-order valence-electron chi connectivity index (χ1n) is 5.29. The molecular weight excluding hydrogens is 235 g/mol. The van der Waals surface area contributed by atoms with Crippen LogP contribution in [-0.4, -0.2) is 47.3 Å². The molecule has 7 heteroatoms. The van der Waals surface area contributed by atoms with Gasteiger partial charge < -0.3 is 19.7 Å². The smallest absolute Gasteiger partial charge is 0.313 e. The summed E-state index contributed by atoms with van der Waals surface area (Å²) in [5, 5.41) is 17.7. The van der Waals surface area contributed by atoms with Crippen molar-refractivity contribution in [1.29, 1.82) is 0 Å². The fraction of sp³-hybridized carbons (Fsp3) is 0.800. The van der Waals surface area contributed by atoms with Crippen molar-refractivity contribution in [3.05, 3.63) is 0 Å². The Balaban J connectivity index is 3.03. The molecule has 0 radical (unpaired) electrons. The van der Waals surface area contributed by atoms with E-state index in [0.717, 1.165) is 0 Å². The van der Waals surface area contributed by atoms with E-state index in [0.29, 0.717) is 0 Å². The number of carboxylic acids is 2. The van der Waals surface area contributed by atoms with Gasteiger partial charge in [0.2, 0.25) is 5.79 Å². The lowest BCUT2D eigenvalue weighted by atomic mass is 9.65. The van der Waals surface area contributed by atoms with Crippen molar-refractivity contribution in [1.82, 2.24) is 0 Å². The summed E-state index contributed by atoms with van der Waals surface area (Å²) < 4.78 is 23.9. The third kappa shape index (κ3) is 2.00. The number of carboxylic acid groups (broad SMARTS) is 2.